The molecule has 0 saturated carbocycles. The third-order valence-electron chi connectivity index (χ3n) is 2.06. The maximum Gasteiger partial charge on any atom is 0.254 e. The molecule has 0 aliphatic carbocycles. The molecule has 0 spiro atoms. The molecule has 0 aromatic heterocycles. The number of halogens is 2. The van der Waals surface area contributed by atoms with Crippen molar-refractivity contribution < 1.29 is 9.53 Å². The molecule has 0 unspecified atom stereocenters. The molecule has 2 nitrogen and oxygen atoms in total. The molecule has 0 heterocycles. The van der Waals surface area contributed by atoms with Gasteiger partial charge in [-0.05, 0) is 23.7 Å². The Labute approximate surface area is 116 Å². The summed E-state index contributed by atoms with van der Waals surface area (Å²) in [6.45, 7) is 0. The number of rotatable bonds is 2. The van der Waals surface area contributed by atoms with Gasteiger partial charge < -0.3 is 4.74 Å². The molecule has 4 heteroatoms. The minimum Gasteiger partial charge on any atom is -0.495 e. The Morgan fingerprint density at radius 3 is 1.89 bits per heavy atom. The first-order chi connectivity index (χ1) is 8.66. The van der Waals surface area contributed by atoms with Gasteiger partial charge in [0.2, 0.25) is 0 Å². The average Bonchev–Trinajstić information content (AvgIpc) is 2.41. The number of carbonyl (C=O) groups is 1. The largest absolute Gasteiger partial charge is 0.495 e. The Morgan fingerprint density at radius 2 is 1.50 bits per heavy atom. The Morgan fingerprint density at radius 1 is 1.00 bits per heavy atom. The number of hydrogen-bond donors (Lipinski definition) is 0. The van der Waals surface area contributed by atoms with Crippen molar-refractivity contribution in [1.82, 2.24) is 0 Å². The lowest BCUT2D eigenvalue weighted by Gasteiger charge is -2.04. The fourth-order valence-corrected chi connectivity index (χ4v) is 1.70. The molecule has 18 heavy (non-hydrogen) atoms. The van der Waals surface area contributed by atoms with Crippen LogP contribution >= 0.6 is 23.2 Å². The zero-order valence-corrected chi connectivity index (χ0v) is 11.3. The highest BCUT2D eigenvalue weighted by Crippen LogP contribution is 2.28. The number of methoxy groups -OCH3 is 1. The molecule has 0 atom stereocenters. The molecule has 2 aromatic rings. The fraction of sp³-hybridized carbons (Fsp3) is 0.0714. The molecular formula is C14H12Cl2O2. The monoisotopic (exact) mass is 282 g/mol. The van der Waals surface area contributed by atoms with Crippen LogP contribution < -0.4 is 4.74 Å². The summed E-state index contributed by atoms with van der Waals surface area (Å²) in [6, 6.07) is 16.9. The minimum absolute atomic E-state index is 0.250. The first kappa shape index (κ1) is 14.6. The van der Waals surface area contributed by atoms with E-state index in [4.69, 9.17) is 27.9 Å². The van der Waals surface area contributed by atoms with Crippen molar-refractivity contribution in [1.29, 1.82) is 0 Å². The molecule has 0 radical (unpaired) electrons. The van der Waals surface area contributed by atoms with E-state index < -0.39 is 5.24 Å². The number of benzene rings is 2. The van der Waals surface area contributed by atoms with Gasteiger partial charge in [-0.3, -0.25) is 4.79 Å². The third-order valence-corrected chi connectivity index (χ3v) is 2.66. The van der Waals surface area contributed by atoms with Crippen molar-refractivity contribution in [3.8, 4) is 5.75 Å². The van der Waals surface area contributed by atoms with Gasteiger partial charge in [-0.1, -0.05) is 54.1 Å². The molecule has 0 amide bonds. The van der Waals surface area contributed by atoms with Crippen LogP contribution in [0, 0.1) is 0 Å². The van der Waals surface area contributed by atoms with Crippen LogP contribution in [0.25, 0.3) is 0 Å². The summed E-state index contributed by atoms with van der Waals surface area (Å²) in [7, 11) is 1.48. The molecule has 94 valence electrons. The van der Waals surface area contributed by atoms with E-state index in [0.717, 1.165) is 0 Å². The topological polar surface area (TPSA) is 26.3 Å². The molecule has 2 rings (SSSR count). The van der Waals surface area contributed by atoms with Gasteiger partial charge in [0.05, 0.1) is 17.7 Å². The van der Waals surface area contributed by atoms with Gasteiger partial charge in [-0.2, -0.15) is 0 Å². The van der Waals surface area contributed by atoms with E-state index in [-0.39, 0.29) is 10.6 Å². The summed E-state index contributed by atoms with van der Waals surface area (Å²) < 4.78 is 4.89. The third kappa shape index (κ3) is 4.40. The van der Waals surface area contributed by atoms with Crippen LogP contribution in [-0.4, -0.2) is 12.4 Å². The van der Waals surface area contributed by atoms with E-state index in [0.29, 0.717) is 5.75 Å². The van der Waals surface area contributed by atoms with Gasteiger partial charge >= 0.3 is 0 Å². The van der Waals surface area contributed by atoms with Crippen molar-refractivity contribution >= 4 is 28.4 Å². The van der Waals surface area contributed by atoms with E-state index in [9.17, 15) is 4.79 Å². The summed E-state index contributed by atoms with van der Waals surface area (Å²) >= 11 is 11.0. The number of hydrogen-bond acceptors (Lipinski definition) is 2. The Bertz CT molecular complexity index is 472. The van der Waals surface area contributed by atoms with Gasteiger partial charge in [0.1, 0.15) is 5.75 Å². The Hall–Kier alpha value is -1.51. The fourth-order valence-electron chi connectivity index (χ4n) is 1.21. The SMILES string of the molecule is COc1cccc(C(=O)Cl)c1Cl.c1ccccc1. The highest BCUT2D eigenvalue weighted by atomic mass is 35.5. The van der Waals surface area contributed by atoms with Crippen molar-refractivity contribution in [3.05, 3.63) is 65.2 Å². The maximum atomic E-state index is 10.8. The summed E-state index contributed by atoms with van der Waals surface area (Å²) in [5.41, 5.74) is 0.262. The lowest BCUT2D eigenvalue weighted by Crippen LogP contribution is -1.92. The van der Waals surface area contributed by atoms with Crippen LogP contribution in [0.1, 0.15) is 10.4 Å². The standard InChI is InChI=1S/C8H6Cl2O2.C6H6/c1-12-6-4-2-3-5(7(6)9)8(10)11;1-2-4-6-5-3-1/h2-4H,1H3;1-6H. The van der Waals surface area contributed by atoms with E-state index >= 15 is 0 Å². The normalized spacial score (nSPS) is 9.06. The summed E-state index contributed by atoms with van der Waals surface area (Å²) in [5.74, 6) is 0.447. The van der Waals surface area contributed by atoms with Crippen LogP contribution in [0.5, 0.6) is 5.75 Å². The smallest absolute Gasteiger partial charge is 0.254 e. The van der Waals surface area contributed by atoms with Crippen molar-refractivity contribution in [2.75, 3.05) is 7.11 Å². The molecule has 0 bridgehead atoms. The summed E-state index contributed by atoms with van der Waals surface area (Å²) in [5, 5.41) is -0.334. The maximum absolute atomic E-state index is 10.8. The zero-order chi connectivity index (χ0) is 13.4. The predicted molar refractivity (Wildman–Crippen MR) is 74.6 cm³/mol. The predicted octanol–water partition coefficient (Wildman–Crippen LogP) is 4.41. The minimum atomic E-state index is -0.584. The van der Waals surface area contributed by atoms with E-state index in [1.54, 1.807) is 18.2 Å². The molecule has 0 N–H and O–H groups in total. The lowest BCUT2D eigenvalue weighted by atomic mass is 10.2. The second-order valence-corrected chi connectivity index (χ2v) is 3.97. The average molecular weight is 283 g/mol. The molecule has 0 saturated heterocycles. The van der Waals surface area contributed by atoms with Crippen LogP contribution in [0.4, 0.5) is 0 Å². The Balaban J connectivity index is 0.000000225. The van der Waals surface area contributed by atoms with Crippen LogP contribution in [0.3, 0.4) is 0 Å². The van der Waals surface area contributed by atoms with Gasteiger partial charge in [0.25, 0.3) is 5.24 Å². The van der Waals surface area contributed by atoms with E-state index in [1.165, 1.54) is 7.11 Å². The Kier molecular flexibility index (Phi) is 6.26. The van der Waals surface area contributed by atoms with Crippen LogP contribution in [-0.2, 0) is 0 Å². The second-order valence-electron chi connectivity index (χ2n) is 3.25. The van der Waals surface area contributed by atoms with Crippen LogP contribution in [0.15, 0.2) is 54.6 Å². The van der Waals surface area contributed by atoms with Crippen LogP contribution in [0.2, 0.25) is 5.02 Å². The molecule has 0 fully saturated rings. The second kappa shape index (κ2) is 7.75. The van der Waals surface area contributed by atoms with Gasteiger partial charge in [-0.15, -0.1) is 0 Å². The number of ether oxygens (including phenoxy) is 1. The zero-order valence-electron chi connectivity index (χ0n) is 9.77. The van der Waals surface area contributed by atoms with Crippen molar-refractivity contribution in [2.24, 2.45) is 0 Å². The number of carbonyl (C=O) groups excluding carboxylic acids is 1. The first-order valence-electron chi connectivity index (χ1n) is 5.19. The molecular weight excluding hydrogens is 271 g/mol. The van der Waals surface area contributed by atoms with Gasteiger partial charge in [0, 0.05) is 0 Å². The highest BCUT2D eigenvalue weighted by Gasteiger charge is 2.10. The summed E-state index contributed by atoms with van der Waals surface area (Å²) in [4.78, 5) is 10.8. The molecule has 0 aliphatic rings. The summed E-state index contributed by atoms with van der Waals surface area (Å²) in [6.07, 6.45) is 0. The first-order valence-corrected chi connectivity index (χ1v) is 5.94. The highest BCUT2D eigenvalue weighted by molar-refractivity contribution is 6.68. The quantitative estimate of drug-likeness (QED) is 0.763. The van der Waals surface area contributed by atoms with E-state index in [2.05, 4.69) is 0 Å². The van der Waals surface area contributed by atoms with Gasteiger partial charge in [-0.25, -0.2) is 0 Å². The van der Waals surface area contributed by atoms with Gasteiger partial charge in [0.15, 0.2) is 0 Å². The molecule has 0 aliphatic heterocycles. The lowest BCUT2D eigenvalue weighted by molar-refractivity contribution is 0.108. The van der Waals surface area contributed by atoms with Crippen molar-refractivity contribution in [2.45, 2.75) is 0 Å². The van der Waals surface area contributed by atoms with Crippen molar-refractivity contribution in [3.63, 3.8) is 0 Å². The molecule has 2 aromatic carbocycles. The van der Waals surface area contributed by atoms with E-state index in [1.807, 2.05) is 36.4 Å².